The summed E-state index contributed by atoms with van der Waals surface area (Å²) in [6, 6.07) is 12.8. The summed E-state index contributed by atoms with van der Waals surface area (Å²) in [7, 11) is 0. The monoisotopic (exact) mass is 350 g/mol. The minimum atomic E-state index is 0.535. The van der Waals surface area contributed by atoms with Gasteiger partial charge in [0.05, 0.1) is 4.88 Å². The van der Waals surface area contributed by atoms with Gasteiger partial charge in [0.2, 0.25) is 0 Å². The van der Waals surface area contributed by atoms with Crippen LogP contribution in [0, 0.1) is 0 Å². The fraction of sp³-hybridized carbons (Fsp3) is 0.353. The number of nitrogens with zero attached hydrogens (tertiary/aromatic N) is 1. The smallest absolute Gasteiger partial charge is 0.107 e. The summed E-state index contributed by atoms with van der Waals surface area (Å²) in [5.74, 6) is 1.05. The van der Waals surface area contributed by atoms with Crippen molar-refractivity contribution in [3.05, 3.63) is 56.7 Å². The molecule has 1 aliphatic carbocycles. The Morgan fingerprint density at radius 3 is 2.68 bits per heavy atom. The molecule has 1 fully saturated rings. The Morgan fingerprint density at radius 1 is 1.27 bits per heavy atom. The predicted molar refractivity (Wildman–Crippen MR) is 99.4 cm³/mol. The molecule has 1 aromatic carbocycles. The summed E-state index contributed by atoms with van der Waals surface area (Å²) in [4.78, 5) is 2.59. The predicted octanol–water partition coefficient (Wildman–Crippen LogP) is 5.16. The molecule has 0 amide bonds. The molecule has 116 valence electrons. The highest BCUT2D eigenvalue weighted by molar-refractivity contribution is 7.97. The Kier molecular flexibility index (Phi) is 5.45. The van der Waals surface area contributed by atoms with Crippen molar-refractivity contribution in [2.45, 2.75) is 31.1 Å². The second kappa shape index (κ2) is 7.53. The van der Waals surface area contributed by atoms with E-state index in [0.717, 1.165) is 22.1 Å². The molecule has 0 unspecified atom stereocenters. The zero-order valence-electron chi connectivity index (χ0n) is 12.5. The van der Waals surface area contributed by atoms with Crippen molar-refractivity contribution in [2.24, 2.45) is 5.10 Å². The average molecular weight is 351 g/mol. The lowest BCUT2D eigenvalue weighted by Crippen LogP contribution is -2.32. The number of hydrogen-bond acceptors (Lipinski definition) is 4. The number of benzene rings is 1. The van der Waals surface area contributed by atoms with Gasteiger partial charge in [-0.2, -0.15) is 16.9 Å². The molecule has 5 heteroatoms. The van der Waals surface area contributed by atoms with E-state index >= 15 is 0 Å². The first kappa shape index (κ1) is 15.9. The van der Waals surface area contributed by atoms with E-state index in [1.54, 1.807) is 0 Å². The van der Waals surface area contributed by atoms with Crippen molar-refractivity contribution in [3.63, 3.8) is 0 Å². The van der Waals surface area contributed by atoms with Crippen LogP contribution in [-0.4, -0.2) is 18.0 Å². The van der Waals surface area contributed by atoms with Gasteiger partial charge in [-0.1, -0.05) is 23.7 Å². The number of halogens is 1. The molecule has 1 saturated carbocycles. The molecular weight excluding hydrogens is 332 g/mol. The third-order valence-corrected chi connectivity index (χ3v) is 5.89. The normalized spacial score (nSPS) is 15.6. The first-order chi connectivity index (χ1) is 10.8. The van der Waals surface area contributed by atoms with Crippen LogP contribution in [0.1, 0.15) is 34.6 Å². The summed E-state index contributed by atoms with van der Waals surface area (Å²) in [6.45, 7) is 0. The minimum Gasteiger partial charge on any atom is -0.306 e. The highest BCUT2D eigenvalue weighted by atomic mass is 35.5. The summed E-state index contributed by atoms with van der Waals surface area (Å²) >= 11 is 9.67. The number of thiophene rings is 1. The van der Waals surface area contributed by atoms with Crippen molar-refractivity contribution < 1.29 is 0 Å². The van der Waals surface area contributed by atoms with Crippen molar-refractivity contribution in [3.8, 4) is 0 Å². The van der Waals surface area contributed by atoms with Crippen LogP contribution >= 0.6 is 34.7 Å². The number of thioether (sulfide) groups is 1. The maximum absolute atomic E-state index is 6.01. The number of hydrazone groups is 1. The fourth-order valence-electron chi connectivity index (χ4n) is 2.29. The van der Waals surface area contributed by atoms with Crippen LogP contribution in [0.5, 0.6) is 0 Å². The molecule has 0 bridgehead atoms. The van der Waals surface area contributed by atoms with E-state index in [1.807, 2.05) is 47.4 Å². The minimum absolute atomic E-state index is 0.535. The standard InChI is InChI=1S/C17H19ClN2S2/c1-21-11-15-9-10-16(22-15)17(20-19-14-3-2-4-14)12-5-7-13(18)8-6-12/h5-10,14,19H,2-4,11H2,1H3. The van der Waals surface area contributed by atoms with Crippen molar-refractivity contribution in [2.75, 3.05) is 6.26 Å². The molecule has 0 atom stereocenters. The van der Waals surface area contributed by atoms with Crippen LogP contribution in [0.2, 0.25) is 5.02 Å². The molecule has 2 aromatic rings. The van der Waals surface area contributed by atoms with Gasteiger partial charge in [-0.05, 0) is 49.8 Å². The molecule has 2 nitrogen and oxygen atoms in total. The Morgan fingerprint density at radius 2 is 2.05 bits per heavy atom. The van der Waals surface area contributed by atoms with Crippen molar-refractivity contribution in [1.82, 2.24) is 5.43 Å². The molecular formula is C17H19ClN2S2. The molecule has 1 aromatic heterocycles. The van der Waals surface area contributed by atoms with Crippen LogP contribution in [0.3, 0.4) is 0 Å². The van der Waals surface area contributed by atoms with E-state index in [-0.39, 0.29) is 0 Å². The number of rotatable bonds is 6. The third-order valence-electron chi connectivity index (χ3n) is 3.76. The Hall–Kier alpha value is -0.970. The molecule has 0 spiro atoms. The fourth-order valence-corrected chi connectivity index (χ4v) is 4.20. The van der Waals surface area contributed by atoms with E-state index in [9.17, 15) is 0 Å². The molecule has 0 radical (unpaired) electrons. The van der Waals surface area contributed by atoms with Gasteiger partial charge in [-0.3, -0.25) is 0 Å². The first-order valence-electron chi connectivity index (χ1n) is 7.43. The second-order valence-corrected chi connectivity index (χ2v) is 7.89. The zero-order chi connectivity index (χ0) is 15.4. The molecule has 1 heterocycles. The molecule has 22 heavy (non-hydrogen) atoms. The van der Waals surface area contributed by atoms with E-state index in [1.165, 1.54) is 29.0 Å². The Bertz CT molecular complexity index is 645. The van der Waals surface area contributed by atoms with Gasteiger partial charge in [-0.25, -0.2) is 0 Å². The van der Waals surface area contributed by atoms with Gasteiger partial charge in [0, 0.05) is 27.3 Å². The van der Waals surface area contributed by atoms with E-state index in [4.69, 9.17) is 16.7 Å². The summed E-state index contributed by atoms with van der Waals surface area (Å²) in [5, 5.41) is 5.47. The third kappa shape index (κ3) is 3.86. The lowest BCUT2D eigenvalue weighted by atomic mass is 9.94. The van der Waals surface area contributed by atoms with Crippen LogP contribution in [0.15, 0.2) is 41.5 Å². The summed E-state index contributed by atoms with van der Waals surface area (Å²) in [6.07, 6.45) is 5.88. The van der Waals surface area contributed by atoms with Gasteiger partial charge in [0.15, 0.2) is 0 Å². The van der Waals surface area contributed by atoms with Gasteiger partial charge in [-0.15, -0.1) is 11.3 Å². The van der Waals surface area contributed by atoms with Crippen LogP contribution in [-0.2, 0) is 5.75 Å². The largest absolute Gasteiger partial charge is 0.306 e. The van der Waals surface area contributed by atoms with E-state index < -0.39 is 0 Å². The highest BCUT2D eigenvalue weighted by Crippen LogP contribution is 2.25. The van der Waals surface area contributed by atoms with E-state index in [0.29, 0.717) is 6.04 Å². The van der Waals surface area contributed by atoms with Crippen LogP contribution in [0.25, 0.3) is 0 Å². The SMILES string of the molecule is CSCc1ccc(C(=NNC2CCC2)c2ccc(Cl)cc2)s1. The van der Waals surface area contributed by atoms with E-state index in [2.05, 4.69) is 23.8 Å². The van der Waals surface area contributed by atoms with Crippen molar-refractivity contribution >= 4 is 40.4 Å². The maximum Gasteiger partial charge on any atom is 0.107 e. The molecule has 1 aliphatic rings. The highest BCUT2D eigenvalue weighted by Gasteiger charge is 2.17. The molecule has 0 saturated heterocycles. The van der Waals surface area contributed by atoms with Gasteiger partial charge in [0.1, 0.15) is 5.71 Å². The number of nitrogens with one attached hydrogen (secondary N) is 1. The number of hydrogen-bond donors (Lipinski definition) is 1. The molecule has 0 aliphatic heterocycles. The quantitative estimate of drug-likeness (QED) is 0.575. The Labute approximate surface area is 145 Å². The van der Waals surface area contributed by atoms with Crippen LogP contribution in [0.4, 0.5) is 0 Å². The maximum atomic E-state index is 6.01. The second-order valence-electron chi connectivity index (χ2n) is 5.42. The Balaban J connectivity index is 1.88. The topological polar surface area (TPSA) is 24.4 Å². The van der Waals surface area contributed by atoms with Gasteiger partial charge in [0.25, 0.3) is 0 Å². The summed E-state index contributed by atoms with van der Waals surface area (Å²) < 4.78 is 0. The first-order valence-corrected chi connectivity index (χ1v) is 10.0. The molecule has 1 N–H and O–H groups in total. The summed E-state index contributed by atoms with van der Waals surface area (Å²) in [5.41, 5.74) is 5.45. The molecule has 3 rings (SSSR count). The average Bonchev–Trinajstić information content (AvgIpc) is 2.92. The van der Waals surface area contributed by atoms with Gasteiger partial charge >= 0.3 is 0 Å². The van der Waals surface area contributed by atoms with Crippen molar-refractivity contribution in [1.29, 1.82) is 0 Å². The van der Waals surface area contributed by atoms with Gasteiger partial charge < -0.3 is 5.43 Å². The lowest BCUT2D eigenvalue weighted by molar-refractivity contribution is 0.347. The zero-order valence-corrected chi connectivity index (χ0v) is 14.9. The lowest BCUT2D eigenvalue weighted by Gasteiger charge is -2.25. The van der Waals surface area contributed by atoms with Crippen LogP contribution < -0.4 is 5.43 Å².